The molecule has 0 radical (unpaired) electrons. The fourth-order valence-corrected chi connectivity index (χ4v) is 2.87. The second-order valence-electron chi connectivity index (χ2n) is 5.55. The Morgan fingerprint density at radius 3 is 2.26 bits per heavy atom. The van der Waals surface area contributed by atoms with Crippen molar-refractivity contribution < 1.29 is 18.3 Å². The molecule has 1 N–H and O–H groups in total. The fourth-order valence-electron chi connectivity index (χ4n) is 2.87. The maximum Gasteiger partial charge on any atom is 0.416 e. The van der Waals surface area contributed by atoms with E-state index in [1.165, 1.54) is 12.1 Å². The molecular weight excluding hydrogens is 253 g/mol. The molecule has 0 aliphatic heterocycles. The molecule has 0 aromatic heterocycles. The van der Waals surface area contributed by atoms with Crippen LogP contribution in [-0.4, -0.2) is 5.11 Å². The molecule has 106 valence electrons. The van der Waals surface area contributed by atoms with E-state index in [1.54, 1.807) is 6.07 Å². The summed E-state index contributed by atoms with van der Waals surface area (Å²) in [4.78, 5) is 0. The molecule has 1 nitrogen and oxygen atoms in total. The van der Waals surface area contributed by atoms with Gasteiger partial charge in [-0.25, -0.2) is 0 Å². The zero-order chi connectivity index (χ0) is 14.0. The van der Waals surface area contributed by atoms with Crippen LogP contribution in [0, 0.1) is 11.8 Å². The van der Waals surface area contributed by atoms with Gasteiger partial charge in [0.1, 0.15) is 0 Å². The van der Waals surface area contributed by atoms with Crippen molar-refractivity contribution in [2.75, 3.05) is 0 Å². The van der Waals surface area contributed by atoms with Crippen molar-refractivity contribution in [2.24, 2.45) is 11.8 Å². The highest BCUT2D eigenvalue weighted by atomic mass is 19.4. The Kier molecular flexibility index (Phi) is 4.19. The predicted octanol–water partition coefficient (Wildman–Crippen LogP) is 4.57. The monoisotopic (exact) mass is 272 g/mol. The smallest absolute Gasteiger partial charge is 0.388 e. The number of hydrogen-bond acceptors (Lipinski definition) is 1. The third-order valence-electron chi connectivity index (χ3n) is 4.09. The fraction of sp³-hybridized carbons (Fsp3) is 0.600. The molecule has 1 aromatic carbocycles. The molecule has 1 fully saturated rings. The molecule has 0 bridgehead atoms. The van der Waals surface area contributed by atoms with E-state index in [0.29, 0.717) is 5.92 Å². The summed E-state index contributed by atoms with van der Waals surface area (Å²) in [5.41, 5.74) is -0.685. The van der Waals surface area contributed by atoms with Gasteiger partial charge < -0.3 is 5.11 Å². The van der Waals surface area contributed by atoms with Gasteiger partial charge in [0, 0.05) is 0 Å². The quantitative estimate of drug-likeness (QED) is 0.836. The van der Waals surface area contributed by atoms with Crippen molar-refractivity contribution in [1.82, 2.24) is 0 Å². The first kappa shape index (κ1) is 14.4. The van der Waals surface area contributed by atoms with E-state index in [2.05, 4.69) is 6.92 Å². The minimum Gasteiger partial charge on any atom is -0.388 e. The molecule has 4 heteroatoms. The summed E-state index contributed by atoms with van der Waals surface area (Å²) in [7, 11) is 0. The molecule has 1 aliphatic rings. The zero-order valence-electron chi connectivity index (χ0n) is 11.0. The highest BCUT2D eigenvalue weighted by Gasteiger charge is 2.36. The van der Waals surface area contributed by atoms with E-state index < -0.39 is 17.8 Å². The van der Waals surface area contributed by atoms with Gasteiger partial charge >= 0.3 is 6.18 Å². The second-order valence-corrected chi connectivity index (χ2v) is 5.55. The maximum absolute atomic E-state index is 12.9. The third-order valence-corrected chi connectivity index (χ3v) is 4.09. The predicted molar refractivity (Wildman–Crippen MR) is 67.5 cm³/mol. The highest BCUT2D eigenvalue weighted by Crippen LogP contribution is 2.41. The Balaban J connectivity index is 2.22. The first-order valence-electron chi connectivity index (χ1n) is 6.73. The van der Waals surface area contributed by atoms with Gasteiger partial charge in [-0.05, 0) is 36.3 Å². The van der Waals surface area contributed by atoms with Crippen molar-refractivity contribution in [3.8, 4) is 0 Å². The van der Waals surface area contributed by atoms with Gasteiger partial charge in [0.15, 0.2) is 0 Å². The van der Waals surface area contributed by atoms with Crippen molar-refractivity contribution >= 4 is 0 Å². The SMILES string of the molecule is CC1CCC(C(O)c2ccccc2C(F)(F)F)CC1. The molecule has 0 saturated heterocycles. The van der Waals surface area contributed by atoms with E-state index in [-0.39, 0.29) is 11.5 Å². The molecule has 19 heavy (non-hydrogen) atoms. The Morgan fingerprint density at radius 1 is 1.11 bits per heavy atom. The van der Waals surface area contributed by atoms with Crippen LogP contribution < -0.4 is 0 Å². The lowest BCUT2D eigenvalue weighted by Crippen LogP contribution is -2.22. The standard InChI is InChI=1S/C15H19F3O/c1-10-6-8-11(9-7-10)14(19)12-4-2-3-5-13(12)15(16,17)18/h2-5,10-11,14,19H,6-9H2,1H3. The number of alkyl halides is 3. The largest absolute Gasteiger partial charge is 0.416 e. The van der Waals surface area contributed by atoms with Crippen molar-refractivity contribution in [3.63, 3.8) is 0 Å². The summed E-state index contributed by atoms with van der Waals surface area (Å²) in [6, 6.07) is 5.36. The Labute approximate surface area is 111 Å². The number of halogens is 3. The van der Waals surface area contributed by atoms with Gasteiger partial charge in [0.25, 0.3) is 0 Å². The molecule has 1 aliphatic carbocycles. The minimum atomic E-state index is -4.40. The molecular formula is C15H19F3O. The molecule has 1 aromatic rings. The molecule has 1 unspecified atom stereocenters. The molecule has 1 saturated carbocycles. The van der Waals surface area contributed by atoms with Crippen LogP contribution in [-0.2, 0) is 6.18 Å². The minimum absolute atomic E-state index is 0.0227. The van der Waals surface area contributed by atoms with E-state index in [1.807, 2.05) is 0 Å². The summed E-state index contributed by atoms with van der Waals surface area (Å²) >= 11 is 0. The van der Waals surface area contributed by atoms with Crippen LogP contribution in [0.15, 0.2) is 24.3 Å². The average molecular weight is 272 g/mol. The Hall–Kier alpha value is -1.03. The van der Waals surface area contributed by atoms with Gasteiger partial charge in [-0.15, -0.1) is 0 Å². The van der Waals surface area contributed by atoms with Crippen LogP contribution in [0.4, 0.5) is 13.2 Å². The lowest BCUT2D eigenvalue weighted by atomic mass is 9.78. The van der Waals surface area contributed by atoms with Crippen molar-refractivity contribution in [3.05, 3.63) is 35.4 Å². The van der Waals surface area contributed by atoms with E-state index in [9.17, 15) is 18.3 Å². The number of rotatable bonds is 2. The van der Waals surface area contributed by atoms with Gasteiger partial charge in [-0.2, -0.15) is 13.2 Å². The molecule has 0 heterocycles. The van der Waals surface area contributed by atoms with Crippen LogP contribution in [0.1, 0.15) is 49.8 Å². The van der Waals surface area contributed by atoms with Crippen LogP contribution in [0.25, 0.3) is 0 Å². The first-order chi connectivity index (χ1) is 8.89. The highest BCUT2D eigenvalue weighted by molar-refractivity contribution is 5.31. The third kappa shape index (κ3) is 3.30. The Morgan fingerprint density at radius 2 is 1.68 bits per heavy atom. The van der Waals surface area contributed by atoms with Gasteiger partial charge in [-0.3, -0.25) is 0 Å². The lowest BCUT2D eigenvalue weighted by Gasteiger charge is -2.31. The maximum atomic E-state index is 12.9. The number of hydrogen-bond donors (Lipinski definition) is 1. The number of benzene rings is 1. The van der Waals surface area contributed by atoms with Gasteiger partial charge in [0.05, 0.1) is 11.7 Å². The first-order valence-corrected chi connectivity index (χ1v) is 6.73. The number of aliphatic hydroxyl groups is 1. The Bertz CT molecular complexity index is 420. The second kappa shape index (κ2) is 5.53. The molecule has 0 amide bonds. The van der Waals surface area contributed by atoms with Crippen molar-refractivity contribution in [2.45, 2.75) is 44.9 Å². The molecule has 2 rings (SSSR count). The summed E-state index contributed by atoms with van der Waals surface area (Å²) in [5, 5.41) is 10.3. The summed E-state index contributed by atoms with van der Waals surface area (Å²) < 4.78 is 38.8. The molecule has 0 spiro atoms. The number of aliphatic hydroxyl groups excluding tert-OH is 1. The molecule has 1 atom stereocenters. The summed E-state index contributed by atoms with van der Waals surface area (Å²) in [5.74, 6) is 0.556. The van der Waals surface area contributed by atoms with E-state index in [4.69, 9.17) is 0 Å². The zero-order valence-corrected chi connectivity index (χ0v) is 11.0. The van der Waals surface area contributed by atoms with Crippen LogP contribution in [0.5, 0.6) is 0 Å². The van der Waals surface area contributed by atoms with Gasteiger partial charge in [-0.1, -0.05) is 38.0 Å². The van der Waals surface area contributed by atoms with Crippen LogP contribution in [0.2, 0.25) is 0 Å². The average Bonchev–Trinajstić information content (AvgIpc) is 2.38. The normalized spacial score (nSPS) is 26.2. The van der Waals surface area contributed by atoms with Crippen LogP contribution >= 0.6 is 0 Å². The summed E-state index contributed by atoms with van der Waals surface area (Å²) in [6.45, 7) is 2.15. The summed E-state index contributed by atoms with van der Waals surface area (Å²) in [6.07, 6.45) is -1.85. The van der Waals surface area contributed by atoms with Gasteiger partial charge in [0.2, 0.25) is 0 Å². The van der Waals surface area contributed by atoms with Crippen molar-refractivity contribution in [1.29, 1.82) is 0 Å². The van der Waals surface area contributed by atoms with E-state index >= 15 is 0 Å². The lowest BCUT2D eigenvalue weighted by molar-refractivity contribution is -0.139. The van der Waals surface area contributed by atoms with Crippen LogP contribution in [0.3, 0.4) is 0 Å². The van der Waals surface area contributed by atoms with E-state index in [0.717, 1.165) is 31.7 Å². The topological polar surface area (TPSA) is 20.2 Å².